The molecule has 2 aromatic rings. The number of amides is 2. The van der Waals surface area contributed by atoms with Crippen molar-refractivity contribution in [2.24, 2.45) is 5.73 Å². The summed E-state index contributed by atoms with van der Waals surface area (Å²) >= 11 is 5.79. The highest BCUT2D eigenvalue weighted by Crippen LogP contribution is 2.31. The van der Waals surface area contributed by atoms with Gasteiger partial charge in [-0.05, 0) is 43.3 Å². The Balaban J connectivity index is 1.65. The van der Waals surface area contributed by atoms with Crippen molar-refractivity contribution in [1.82, 2.24) is 18.4 Å². The van der Waals surface area contributed by atoms with Crippen LogP contribution >= 0.6 is 11.6 Å². The van der Waals surface area contributed by atoms with Gasteiger partial charge in [-0.25, -0.2) is 34.7 Å². The summed E-state index contributed by atoms with van der Waals surface area (Å²) in [5.74, 6) is -4.84. The van der Waals surface area contributed by atoms with E-state index in [1.165, 1.54) is 36.2 Å². The second-order valence-corrected chi connectivity index (χ2v) is 14.3. The van der Waals surface area contributed by atoms with Gasteiger partial charge in [0.1, 0.15) is 5.75 Å². The zero-order chi connectivity index (χ0) is 32.7. The number of nitrogens with two attached hydrogens (primary N) is 1. The van der Waals surface area contributed by atoms with Crippen molar-refractivity contribution in [2.75, 3.05) is 71.8 Å². The topological polar surface area (TPSA) is 160 Å². The number of benzene rings is 2. The number of rotatable bonds is 14. The van der Waals surface area contributed by atoms with Crippen LogP contribution in [-0.2, 0) is 29.6 Å². The fourth-order valence-electron chi connectivity index (χ4n) is 4.17. The molecule has 44 heavy (non-hydrogen) atoms. The number of hydrogen-bond acceptors (Lipinski definition) is 9. The maximum absolute atomic E-state index is 14.9. The van der Waals surface area contributed by atoms with Crippen molar-refractivity contribution >= 4 is 43.6 Å². The van der Waals surface area contributed by atoms with Crippen LogP contribution in [0.1, 0.15) is 6.92 Å². The molecule has 2 N–H and O–H groups in total. The normalized spacial score (nSPS) is 14.7. The van der Waals surface area contributed by atoms with Gasteiger partial charge < -0.3 is 20.1 Å². The highest BCUT2D eigenvalue weighted by atomic mass is 35.5. The monoisotopic (exact) mass is 681 g/mol. The van der Waals surface area contributed by atoms with E-state index >= 15 is 0 Å². The lowest BCUT2D eigenvalue weighted by Crippen LogP contribution is -2.50. The molecule has 1 saturated heterocycles. The average molecular weight is 682 g/mol. The summed E-state index contributed by atoms with van der Waals surface area (Å²) in [5.41, 5.74) is 5.22. The van der Waals surface area contributed by atoms with E-state index in [1.54, 1.807) is 6.92 Å². The average Bonchev–Trinajstić information content (AvgIpc) is 2.96. The number of piperazine rings is 1. The molecule has 3 rings (SSSR count). The number of primary amides is 1. The quantitative estimate of drug-likeness (QED) is 0.314. The summed E-state index contributed by atoms with van der Waals surface area (Å²) in [6.45, 7) is 1.98. The van der Waals surface area contributed by atoms with Gasteiger partial charge in [-0.3, -0.25) is 9.69 Å². The zero-order valence-electron chi connectivity index (χ0n) is 24.1. The Bertz CT molecular complexity index is 1520. The number of ether oxygens (including phenoxy) is 2. The Morgan fingerprint density at radius 3 is 2.14 bits per heavy atom. The van der Waals surface area contributed by atoms with Crippen LogP contribution in [0.2, 0.25) is 5.02 Å². The molecule has 0 radical (unpaired) electrons. The fourth-order valence-corrected chi connectivity index (χ4v) is 6.88. The SMILES string of the molecule is CCOC(=O)N1CCN(CCS(=O)(=O)N(C)CCN(CC(N)=O)S(=O)(=O)c2cc(F)c(Oc3ccc(Cl)cc3)c(F)c2)CC1. The molecule has 0 aliphatic carbocycles. The van der Waals surface area contributed by atoms with E-state index in [0.717, 1.165) is 4.31 Å². The largest absolute Gasteiger partial charge is 0.451 e. The van der Waals surface area contributed by atoms with Crippen LogP contribution in [0.5, 0.6) is 11.5 Å². The lowest BCUT2D eigenvalue weighted by Gasteiger charge is -2.34. The Labute approximate surface area is 260 Å². The van der Waals surface area contributed by atoms with Crippen molar-refractivity contribution in [1.29, 1.82) is 0 Å². The van der Waals surface area contributed by atoms with E-state index in [0.29, 0.717) is 47.6 Å². The highest BCUT2D eigenvalue weighted by Gasteiger charge is 2.31. The summed E-state index contributed by atoms with van der Waals surface area (Å²) in [4.78, 5) is 26.1. The van der Waals surface area contributed by atoms with Gasteiger partial charge in [0.05, 0.1) is 23.8 Å². The molecule has 0 bridgehead atoms. The molecule has 0 spiro atoms. The number of halogens is 3. The first kappa shape index (κ1) is 35.4. The third-order valence-electron chi connectivity index (χ3n) is 6.68. The standard InChI is InChI=1S/C26H34ClF2N5O8S2/c1-3-41-26(36)33-11-9-32(10-12-33)14-15-43(37,38)31(2)8-13-34(18-24(30)35)44(39,40)21-16-22(28)25(23(29)17-21)42-20-6-4-19(27)5-7-20/h4-7,16-17H,3,8-15,18H2,1-2H3,(H2,30,35). The van der Waals surface area contributed by atoms with Gasteiger partial charge in [0, 0.05) is 57.9 Å². The van der Waals surface area contributed by atoms with Gasteiger partial charge in [0.2, 0.25) is 26.0 Å². The Morgan fingerprint density at radius 1 is 1.00 bits per heavy atom. The first-order valence-electron chi connectivity index (χ1n) is 13.4. The van der Waals surface area contributed by atoms with Crippen LogP contribution in [0.25, 0.3) is 0 Å². The number of hydrogen-bond donors (Lipinski definition) is 1. The van der Waals surface area contributed by atoms with Crippen LogP contribution in [-0.4, -0.2) is 119 Å². The van der Waals surface area contributed by atoms with E-state index in [4.69, 9.17) is 26.8 Å². The lowest BCUT2D eigenvalue weighted by molar-refractivity contribution is -0.118. The number of nitrogens with zero attached hydrogens (tertiary/aromatic N) is 4. The predicted molar refractivity (Wildman–Crippen MR) is 157 cm³/mol. The first-order chi connectivity index (χ1) is 20.6. The van der Waals surface area contributed by atoms with Crippen molar-refractivity contribution in [2.45, 2.75) is 11.8 Å². The molecule has 2 amide bonds. The summed E-state index contributed by atoms with van der Waals surface area (Å²) < 4.78 is 93.8. The van der Waals surface area contributed by atoms with Crippen molar-refractivity contribution in [3.05, 3.63) is 53.1 Å². The summed E-state index contributed by atoms with van der Waals surface area (Å²) in [5, 5.41) is 0.360. The molecule has 13 nitrogen and oxygen atoms in total. The van der Waals surface area contributed by atoms with Gasteiger partial charge >= 0.3 is 6.09 Å². The van der Waals surface area contributed by atoms with Gasteiger partial charge in [-0.2, -0.15) is 4.31 Å². The Kier molecular flexibility index (Phi) is 12.3. The van der Waals surface area contributed by atoms with E-state index in [-0.39, 0.29) is 31.2 Å². The molecule has 1 fully saturated rings. The molecular formula is C26H34ClF2N5O8S2. The Hall–Kier alpha value is -3.09. The zero-order valence-corrected chi connectivity index (χ0v) is 26.5. The van der Waals surface area contributed by atoms with Gasteiger partial charge in [0.15, 0.2) is 17.4 Å². The molecule has 1 aliphatic rings. The minimum absolute atomic E-state index is 0.0429. The van der Waals surface area contributed by atoms with Crippen molar-refractivity contribution < 1.29 is 44.7 Å². The lowest BCUT2D eigenvalue weighted by atomic mass is 10.3. The van der Waals surface area contributed by atoms with E-state index in [9.17, 15) is 35.2 Å². The van der Waals surface area contributed by atoms with Crippen molar-refractivity contribution in [3.63, 3.8) is 0 Å². The molecule has 0 aromatic heterocycles. The maximum Gasteiger partial charge on any atom is 0.409 e. The molecule has 0 atom stereocenters. The molecular weight excluding hydrogens is 648 g/mol. The molecule has 0 unspecified atom stereocenters. The summed E-state index contributed by atoms with van der Waals surface area (Å²) in [6.07, 6.45) is -0.428. The van der Waals surface area contributed by atoms with Crippen LogP contribution < -0.4 is 10.5 Å². The van der Waals surface area contributed by atoms with Crippen LogP contribution in [0.3, 0.4) is 0 Å². The Morgan fingerprint density at radius 2 is 1.59 bits per heavy atom. The third kappa shape index (κ3) is 9.45. The van der Waals surface area contributed by atoms with Crippen LogP contribution in [0, 0.1) is 11.6 Å². The first-order valence-corrected chi connectivity index (χ1v) is 16.9. The van der Waals surface area contributed by atoms with E-state index in [2.05, 4.69) is 0 Å². The van der Waals surface area contributed by atoms with Crippen LogP contribution in [0.4, 0.5) is 13.6 Å². The predicted octanol–water partition coefficient (Wildman–Crippen LogP) is 1.92. The molecule has 18 heteroatoms. The van der Waals surface area contributed by atoms with E-state index < -0.39 is 67.4 Å². The van der Waals surface area contributed by atoms with Crippen LogP contribution in [0.15, 0.2) is 41.3 Å². The molecule has 244 valence electrons. The number of carbonyl (C=O) groups is 2. The molecule has 1 aliphatic heterocycles. The maximum atomic E-state index is 14.9. The number of carbonyl (C=O) groups excluding carboxylic acids is 2. The highest BCUT2D eigenvalue weighted by molar-refractivity contribution is 7.89. The second-order valence-electron chi connectivity index (χ2n) is 9.74. The second kappa shape index (κ2) is 15.3. The minimum atomic E-state index is -4.72. The third-order valence-corrected chi connectivity index (χ3v) is 10.6. The number of sulfonamides is 2. The summed E-state index contributed by atoms with van der Waals surface area (Å²) in [7, 11) is -7.35. The van der Waals surface area contributed by atoms with E-state index in [1.807, 2.05) is 4.90 Å². The van der Waals surface area contributed by atoms with Gasteiger partial charge in [0.25, 0.3) is 0 Å². The molecule has 0 saturated carbocycles. The van der Waals surface area contributed by atoms with Gasteiger partial charge in [-0.1, -0.05) is 11.6 Å². The van der Waals surface area contributed by atoms with Gasteiger partial charge in [-0.15, -0.1) is 0 Å². The smallest absolute Gasteiger partial charge is 0.409 e. The number of likely N-dealkylation sites (N-methyl/N-ethyl adjacent to an activating group) is 1. The molecule has 2 aromatic carbocycles. The minimum Gasteiger partial charge on any atom is -0.451 e. The van der Waals surface area contributed by atoms with Crippen molar-refractivity contribution in [3.8, 4) is 11.5 Å². The fraction of sp³-hybridized carbons (Fsp3) is 0.462. The molecule has 1 heterocycles. The summed E-state index contributed by atoms with van der Waals surface area (Å²) in [6, 6.07) is 6.63.